The van der Waals surface area contributed by atoms with E-state index in [4.69, 9.17) is 9.47 Å². The van der Waals surface area contributed by atoms with Crippen LogP contribution in [0.2, 0.25) is 0 Å². The molecule has 0 bridgehead atoms. The number of fused-ring (bicyclic) bond motifs is 1. The van der Waals surface area contributed by atoms with Crippen molar-refractivity contribution in [2.45, 2.75) is 45.8 Å². The fourth-order valence-electron chi connectivity index (χ4n) is 5.51. The number of ether oxygens (including phenoxy) is 2. The van der Waals surface area contributed by atoms with Gasteiger partial charge in [0.2, 0.25) is 0 Å². The van der Waals surface area contributed by atoms with E-state index in [2.05, 4.69) is 5.32 Å². The van der Waals surface area contributed by atoms with Crippen molar-refractivity contribution in [2.24, 2.45) is 17.3 Å². The molecule has 7 nitrogen and oxygen atoms in total. The summed E-state index contributed by atoms with van der Waals surface area (Å²) in [5.74, 6) is 0.741. The first-order valence-corrected chi connectivity index (χ1v) is 11.4. The van der Waals surface area contributed by atoms with Crippen LogP contribution in [0, 0.1) is 17.3 Å². The number of benzene rings is 1. The van der Waals surface area contributed by atoms with Crippen LogP contribution in [0.25, 0.3) is 0 Å². The van der Waals surface area contributed by atoms with Crippen LogP contribution in [0.4, 0.5) is 9.59 Å². The van der Waals surface area contributed by atoms with E-state index in [0.717, 1.165) is 31.5 Å². The number of piperidine rings is 1. The van der Waals surface area contributed by atoms with E-state index in [9.17, 15) is 9.59 Å². The molecule has 7 heteroatoms. The van der Waals surface area contributed by atoms with Gasteiger partial charge in [-0.05, 0) is 58.2 Å². The number of hydrogen-bond acceptors (Lipinski definition) is 5. The molecule has 3 heterocycles. The van der Waals surface area contributed by atoms with E-state index in [1.807, 2.05) is 60.9 Å². The van der Waals surface area contributed by atoms with Gasteiger partial charge in [-0.3, -0.25) is 0 Å². The third-order valence-corrected chi connectivity index (χ3v) is 6.93. The molecule has 0 spiro atoms. The van der Waals surface area contributed by atoms with Crippen molar-refractivity contribution in [1.29, 1.82) is 0 Å². The van der Waals surface area contributed by atoms with Crippen LogP contribution in [0.3, 0.4) is 0 Å². The summed E-state index contributed by atoms with van der Waals surface area (Å²) in [6.07, 6.45) is 1.65. The molecule has 0 saturated carbocycles. The maximum Gasteiger partial charge on any atom is 0.410 e. The lowest BCUT2D eigenvalue weighted by Crippen LogP contribution is -2.46. The molecule has 0 radical (unpaired) electrons. The van der Waals surface area contributed by atoms with Gasteiger partial charge in [-0.1, -0.05) is 30.3 Å². The minimum absolute atomic E-state index is 0.0786. The van der Waals surface area contributed by atoms with E-state index in [1.54, 1.807) is 0 Å². The van der Waals surface area contributed by atoms with Crippen LogP contribution in [0.5, 0.6) is 0 Å². The number of rotatable bonds is 3. The monoisotopic (exact) mass is 429 g/mol. The molecule has 3 aliphatic rings. The fourth-order valence-corrected chi connectivity index (χ4v) is 5.51. The molecule has 0 unspecified atom stereocenters. The van der Waals surface area contributed by atoms with Crippen LogP contribution >= 0.6 is 0 Å². The van der Waals surface area contributed by atoms with Crippen molar-refractivity contribution in [1.82, 2.24) is 15.1 Å². The van der Waals surface area contributed by atoms with Gasteiger partial charge in [0.05, 0.1) is 0 Å². The van der Waals surface area contributed by atoms with Gasteiger partial charge in [0.1, 0.15) is 12.2 Å². The zero-order chi connectivity index (χ0) is 22.1. The van der Waals surface area contributed by atoms with Crippen molar-refractivity contribution < 1.29 is 19.1 Å². The van der Waals surface area contributed by atoms with Crippen molar-refractivity contribution in [3.63, 3.8) is 0 Å². The van der Waals surface area contributed by atoms with Crippen LogP contribution < -0.4 is 5.32 Å². The summed E-state index contributed by atoms with van der Waals surface area (Å²) < 4.78 is 11.3. The first kappa shape index (κ1) is 21.9. The second-order valence-electron chi connectivity index (χ2n) is 10.2. The van der Waals surface area contributed by atoms with E-state index in [1.165, 1.54) is 0 Å². The molecule has 1 N–H and O–H groups in total. The molecule has 1 aromatic rings. The fraction of sp³-hybridized carbons (Fsp3) is 0.667. The summed E-state index contributed by atoms with van der Waals surface area (Å²) in [6, 6.07) is 9.76. The Kier molecular flexibility index (Phi) is 6.15. The van der Waals surface area contributed by atoms with Gasteiger partial charge in [-0.15, -0.1) is 0 Å². The summed E-state index contributed by atoms with van der Waals surface area (Å²) in [6.45, 7) is 10.5. The lowest BCUT2D eigenvalue weighted by molar-refractivity contribution is 0.0229. The number of hydrogen-bond donors (Lipinski definition) is 1. The largest absolute Gasteiger partial charge is 0.445 e. The molecule has 170 valence electrons. The minimum atomic E-state index is -0.510. The molecule has 1 aromatic carbocycles. The number of amides is 2. The summed E-state index contributed by atoms with van der Waals surface area (Å²) in [4.78, 5) is 29.4. The Balaban J connectivity index is 1.45. The van der Waals surface area contributed by atoms with Gasteiger partial charge in [-0.25, -0.2) is 9.59 Å². The van der Waals surface area contributed by atoms with Gasteiger partial charge in [-0.2, -0.15) is 0 Å². The lowest BCUT2D eigenvalue weighted by atomic mass is 9.67. The highest BCUT2D eigenvalue weighted by Gasteiger charge is 2.58. The van der Waals surface area contributed by atoms with E-state index >= 15 is 0 Å². The van der Waals surface area contributed by atoms with Crippen molar-refractivity contribution >= 4 is 12.2 Å². The Morgan fingerprint density at radius 3 is 2.23 bits per heavy atom. The first-order valence-electron chi connectivity index (χ1n) is 11.4. The maximum absolute atomic E-state index is 12.9. The number of carbonyl (C=O) groups is 2. The normalized spacial score (nSPS) is 26.6. The van der Waals surface area contributed by atoms with Gasteiger partial charge < -0.3 is 24.6 Å². The second-order valence-corrected chi connectivity index (χ2v) is 10.2. The van der Waals surface area contributed by atoms with Gasteiger partial charge in [0.25, 0.3) is 0 Å². The SMILES string of the molecule is CC(C)(C)OC(=O)N1C[C@H]2CN(C(=O)OCc3ccccc3)C[C@@]2(C2CCNCC2)C1. The highest BCUT2D eigenvalue weighted by Crippen LogP contribution is 2.51. The van der Waals surface area contributed by atoms with E-state index in [-0.39, 0.29) is 30.1 Å². The molecule has 2 amide bonds. The third kappa shape index (κ3) is 4.81. The van der Waals surface area contributed by atoms with Crippen LogP contribution in [0.1, 0.15) is 39.2 Å². The zero-order valence-corrected chi connectivity index (χ0v) is 18.9. The molecule has 3 fully saturated rings. The standard InChI is InChI=1S/C24H35N3O4/c1-23(2,3)31-22(29)27-14-20-13-26(21(28)30-15-18-7-5-4-6-8-18)16-24(20,17-27)19-9-11-25-12-10-19/h4-8,19-20,25H,9-17H2,1-3H3/t20-,24+/m1/s1. The van der Waals surface area contributed by atoms with Crippen molar-refractivity contribution in [3.8, 4) is 0 Å². The van der Waals surface area contributed by atoms with Crippen molar-refractivity contribution in [2.75, 3.05) is 39.3 Å². The predicted molar refractivity (Wildman–Crippen MR) is 118 cm³/mol. The number of likely N-dealkylation sites (tertiary alicyclic amines) is 2. The second kappa shape index (κ2) is 8.69. The average Bonchev–Trinajstić information content (AvgIpc) is 3.28. The minimum Gasteiger partial charge on any atom is -0.445 e. The summed E-state index contributed by atoms with van der Waals surface area (Å²) in [5, 5.41) is 3.44. The Bertz CT molecular complexity index is 788. The van der Waals surface area contributed by atoms with Gasteiger partial charge in [0.15, 0.2) is 0 Å². The Labute approximate surface area is 185 Å². The predicted octanol–water partition coefficient (Wildman–Crippen LogP) is 3.49. The molecule has 31 heavy (non-hydrogen) atoms. The molecule has 3 saturated heterocycles. The highest BCUT2D eigenvalue weighted by molar-refractivity contribution is 5.70. The quantitative estimate of drug-likeness (QED) is 0.796. The van der Waals surface area contributed by atoms with Gasteiger partial charge in [0, 0.05) is 37.5 Å². The number of carbonyl (C=O) groups excluding carboxylic acids is 2. The maximum atomic E-state index is 12.9. The Morgan fingerprint density at radius 2 is 1.61 bits per heavy atom. The molecule has 3 aliphatic heterocycles. The Hall–Kier alpha value is -2.28. The smallest absolute Gasteiger partial charge is 0.410 e. The Morgan fingerprint density at radius 1 is 1.00 bits per heavy atom. The molecular formula is C24H35N3O4. The average molecular weight is 430 g/mol. The number of nitrogens with zero attached hydrogens (tertiary/aromatic N) is 2. The first-order chi connectivity index (χ1) is 14.8. The van der Waals surface area contributed by atoms with Crippen molar-refractivity contribution in [3.05, 3.63) is 35.9 Å². The highest BCUT2D eigenvalue weighted by atomic mass is 16.6. The lowest BCUT2D eigenvalue weighted by Gasteiger charge is -2.39. The third-order valence-electron chi connectivity index (χ3n) is 6.93. The molecule has 0 aromatic heterocycles. The van der Waals surface area contributed by atoms with E-state index < -0.39 is 5.60 Å². The van der Waals surface area contributed by atoms with Crippen LogP contribution in [0.15, 0.2) is 30.3 Å². The zero-order valence-electron chi connectivity index (χ0n) is 18.9. The molecule has 4 rings (SSSR count). The number of nitrogens with one attached hydrogen (secondary N) is 1. The topological polar surface area (TPSA) is 71.1 Å². The molecule has 2 atom stereocenters. The van der Waals surface area contributed by atoms with Crippen LogP contribution in [-0.4, -0.2) is 66.9 Å². The molecular weight excluding hydrogens is 394 g/mol. The van der Waals surface area contributed by atoms with Gasteiger partial charge >= 0.3 is 12.2 Å². The van der Waals surface area contributed by atoms with E-state index in [0.29, 0.717) is 32.1 Å². The summed E-state index contributed by atoms with van der Waals surface area (Å²) in [5.41, 5.74) is 0.397. The summed E-state index contributed by atoms with van der Waals surface area (Å²) in [7, 11) is 0. The van der Waals surface area contributed by atoms with Crippen LogP contribution in [-0.2, 0) is 16.1 Å². The molecule has 0 aliphatic carbocycles. The summed E-state index contributed by atoms with van der Waals surface area (Å²) >= 11 is 0.